The van der Waals surface area contributed by atoms with Gasteiger partial charge >= 0.3 is 6.18 Å². The number of halogens is 3. The van der Waals surface area contributed by atoms with Gasteiger partial charge in [-0.15, -0.1) is 0 Å². The van der Waals surface area contributed by atoms with Gasteiger partial charge in [0.1, 0.15) is 0 Å². The van der Waals surface area contributed by atoms with Crippen LogP contribution in [0.3, 0.4) is 0 Å². The zero-order valence-electron chi connectivity index (χ0n) is 6.73. The van der Waals surface area contributed by atoms with Crippen molar-refractivity contribution in [1.82, 2.24) is 9.55 Å². The minimum absolute atomic E-state index is 0.318. The number of rotatable bonds is 0. The summed E-state index contributed by atoms with van der Waals surface area (Å²) in [6.45, 7) is 1.29. The number of hydrogen-bond acceptors (Lipinski definition) is 2. The molecule has 1 N–H and O–H groups in total. The molecule has 0 unspecified atom stereocenters. The lowest BCUT2D eigenvalue weighted by Gasteiger charge is -2.14. The summed E-state index contributed by atoms with van der Waals surface area (Å²) in [6.07, 6.45) is -2.46. The van der Waals surface area contributed by atoms with Crippen molar-refractivity contribution < 1.29 is 13.2 Å². The number of nitrogens with one attached hydrogen (secondary N) is 1. The minimum Gasteiger partial charge on any atom is -0.356 e. The first-order valence-corrected chi connectivity index (χ1v) is 3.95. The van der Waals surface area contributed by atoms with Crippen LogP contribution in [0.25, 0.3) is 0 Å². The lowest BCUT2D eigenvalue weighted by Crippen LogP contribution is -2.16. The summed E-state index contributed by atoms with van der Waals surface area (Å²) in [5.41, 5.74) is -0.822. The Kier molecular flexibility index (Phi) is 1.71. The van der Waals surface area contributed by atoms with E-state index in [9.17, 15) is 13.2 Å². The second kappa shape index (κ2) is 2.65. The number of nitrogens with zero attached hydrogens (tertiary/aromatic N) is 2. The van der Waals surface area contributed by atoms with Crippen LogP contribution in [0.2, 0.25) is 0 Å². The van der Waals surface area contributed by atoms with Gasteiger partial charge in [-0.3, -0.25) is 0 Å². The molecule has 3 nitrogen and oxygen atoms in total. The smallest absolute Gasteiger partial charge is 0.356 e. The molecule has 72 valence electrons. The van der Waals surface area contributed by atoms with E-state index in [1.54, 1.807) is 0 Å². The normalized spacial score (nSPS) is 16.5. The summed E-state index contributed by atoms with van der Waals surface area (Å²) in [4.78, 5) is 3.45. The Morgan fingerprint density at radius 2 is 2.23 bits per heavy atom. The zero-order valence-corrected chi connectivity index (χ0v) is 6.73. The molecule has 0 spiro atoms. The molecule has 0 aromatic carbocycles. The summed E-state index contributed by atoms with van der Waals surface area (Å²) in [5.74, 6) is 0.318. The fourth-order valence-electron chi connectivity index (χ4n) is 1.31. The lowest BCUT2D eigenvalue weighted by atomic mass is 10.4. The van der Waals surface area contributed by atoms with Crippen LogP contribution >= 0.6 is 0 Å². The molecular formula is C7H8F3N3. The Morgan fingerprint density at radius 1 is 1.46 bits per heavy atom. The number of anilines is 1. The van der Waals surface area contributed by atoms with Crippen LogP contribution in [0.15, 0.2) is 6.20 Å². The van der Waals surface area contributed by atoms with Gasteiger partial charge in [-0.25, -0.2) is 4.98 Å². The van der Waals surface area contributed by atoms with Gasteiger partial charge in [-0.05, 0) is 6.42 Å². The fourth-order valence-corrected chi connectivity index (χ4v) is 1.31. The Hall–Kier alpha value is -1.20. The number of aryl methyl sites for hydroxylation is 1. The Morgan fingerprint density at radius 3 is 2.85 bits per heavy atom. The summed E-state index contributed by atoms with van der Waals surface area (Å²) in [5, 5.41) is 2.81. The highest BCUT2D eigenvalue weighted by atomic mass is 19.4. The maximum atomic E-state index is 12.2. The highest BCUT2D eigenvalue weighted by Gasteiger charge is 2.35. The van der Waals surface area contributed by atoms with E-state index in [1.807, 2.05) is 0 Å². The first kappa shape index (κ1) is 8.40. The highest BCUT2D eigenvalue weighted by Crippen LogP contribution is 2.30. The van der Waals surface area contributed by atoms with E-state index in [1.165, 1.54) is 4.57 Å². The summed E-state index contributed by atoms with van der Waals surface area (Å²) in [7, 11) is 0. The molecule has 0 aliphatic carbocycles. The molecule has 1 aliphatic rings. The number of fused-ring (bicyclic) bond motifs is 1. The van der Waals surface area contributed by atoms with Crippen LogP contribution in [0, 0.1) is 0 Å². The number of imidazole rings is 1. The van der Waals surface area contributed by atoms with Crippen molar-refractivity contribution in [3.05, 3.63) is 11.9 Å². The number of hydrogen-bond donors (Lipinski definition) is 1. The van der Waals surface area contributed by atoms with E-state index < -0.39 is 11.9 Å². The number of aromatic nitrogens is 2. The number of alkyl halides is 3. The zero-order chi connectivity index (χ0) is 9.47. The van der Waals surface area contributed by atoms with Crippen LogP contribution in [-0.4, -0.2) is 16.1 Å². The first-order chi connectivity index (χ1) is 6.07. The third kappa shape index (κ3) is 1.48. The molecule has 1 aromatic rings. The molecule has 13 heavy (non-hydrogen) atoms. The van der Waals surface area contributed by atoms with Gasteiger partial charge in [0.05, 0.1) is 0 Å². The van der Waals surface area contributed by atoms with E-state index in [0.717, 1.165) is 12.6 Å². The Bertz CT molecular complexity index is 292. The van der Waals surface area contributed by atoms with E-state index in [-0.39, 0.29) is 0 Å². The monoisotopic (exact) mass is 191 g/mol. The summed E-state index contributed by atoms with van der Waals surface area (Å²) in [6, 6.07) is 0. The quantitative estimate of drug-likeness (QED) is 0.676. The molecule has 1 aromatic heterocycles. The molecule has 0 saturated carbocycles. The second-order valence-electron chi connectivity index (χ2n) is 2.92. The van der Waals surface area contributed by atoms with Crippen LogP contribution in [0.5, 0.6) is 0 Å². The van der Waals surface area contributed by atoms with Gasteiger partial charge < -0.3 is 9.88 Å². The minimum atomic E-state index is -4.34. The maximum Gasteiger partial charge on any atom is 0.434 e. The van der Waals surface area contributed by atoms with Crippen LogP contribution in [0.4, 0.5) is 19.1 Å². The standard InChI is InChI=1S/C7H8F3N3/c8-7(9,10)5-4-13-3-1-2-11-6(13)12-5/h4H,1-3H2,(H,11,12). The topological polar surface area (TPSA) is 29.9 Å². The predicted octanol–water partition coefficient (Wildman–Crippen LogP) is 1.72. The molecule has 1 aliphatic heterocycles. The van der Waals surface area contributed by atoms with E-state index in [0.29, 0.717) is 19.0 Å². The molecule has 2 rings (SSSR count). The third-order valence-electron chi connectivity index (χ3n) is 1.93. The molecule has 0 bridgehead atoms. The van der Waals surface area contributed by atoms with Crippen molar-refractivity contribution in [1.29, 1.82) is 0 Å². The Balaban J connectivity index is 2.36. The van der Waals surface area contributed by atoms with Gasteiger partial charge in [0, 0.05) is 19.3 Å². The van der Waals surface area contributed by atoms with Crippen molar-refractivity contribution in [3.8, 4) is 0 Å². The van der Waals surface area contributed by atoms with Crippen molar-refractivity contribution >= 4 is 5.95 Å². The summed E-state index contributed by atoms with van der Waals surface area (Å²) < 4.78 is 38.0. The van der Waals surface area contributed by atoms with Gasteiger partial charge in [0.25, 0.3) is 0 Å². The maximum absolute atomic E-state index is 12.2. The van der Waals surface area contributed by atoms with Crippen LogP contribution in [-0.2, 0) is 12.7 Å². The van der Waals surface area contributed by atoms with Gasteiger partial charge in [0.15, 0.2) is 5.69 Å². The van der Waals surface area contributed by atoms with E-state index in [2.05, 4.69) is 10.3 Å². The van der Waals surface area contributed by atoms with Crippen molar-refractivity contribution in [2.45, 2.75) is 19.1 Å². The van der Waals surface area contributed by atoms with E-state index in [4.69, 9.17) is 0 Å². The van der Waals surface area contributed by atoms with Crippen molar-refractivity contribution in [2.24, 2.45) is 0 Å². The van der Waals surface area contributed by atoms with Crippen LogP contribution in [0.1, 0.15) is 12.1 Å². The van der Waals surface area contributed by atoms with E-state index >= 15 is 0 Å². The summed E-state index contributed by atoms with van der Waals surface area (Å²) >= 11 is 0. The van der Waals surface area contributed by atoms with Crippen LogP contribution < -0.4 is 5.32 Å². The molecular weight excluding hydrogens is 183 g/mol. The highest BCUT2D eigenvalue weighted by molar-refractivity contribution is 5.31. The molecule has 6 heteroatoms. The molecule has 0 amide bonds. The Labute approximate surface area is 72.6 Å². The molecule has 0 atom stereocenters. The van der Waals surface area contributed by atoms with Gasteiger partial charge in [0.2, 0.25) is 5.95 Å². The van der Waals surface area contributed by atoms with Crippen molar-refractivity contribution in [2.75, 3.05) is 11.9 Å². The first-order valence-electron chi connectivity index (χ1n) is 3.95. The van der Waals surface area contributed by atoms with Crippen molar-refractivity contribution in [3.63, 3.8) is 0 Å². The fraction of sp³-hybridized carbons (Fsp3) is 0.571. The van der Waals surface area contributed by atoms with Gasteiger partial charge in [-0.1, -0.05) is 0 Å². The average molecular weight is 191 g/mol. The SMILES string of the molecule is FC(F)(F)c1cn2c(n1)NCCC2. The largest absolute Gasteiger partial charge is 0.434 e. The average Bonchev–Trinajstić information content (AvgIpc) is 2.45. The van der Waals surface area contributed by atoms with Gasteiger partial charge in [-0.2, -0.15) is 13.2 Å². The molecule has 0 fully saturated rings. The predicted molar refractivity (Wildman–Crippen MR) is 40.3 cm³/mol. The molecule has 0 saturated heterocycles. The molecule has 0 radical (unpaired) electrons. The molecule has 2 heterocycles. The third-order valence-corrected chi connectivity index (χ3v) is 1.93. The second-order valence-corrected chi connectivity index (χ2v) is 2.92. The lowest BCUT2D eigenvalue weighted by molar-refractivity contribution is -0.140.